The Morgan fingerprint density at radius 2 is 1.85 bits per heavy atom. The van der Waals surface area contributed by atoms with Gasteiger partial charge in [0, 0.05) is 30.2 Å². The summed E-state index contributed by atoms with van der Waals surface area (Å²) in [4.78, 5) is 76.7. The molecule has 2 aromatic heterocycles. The number of ether oxygens (including phenoxy) is 2. The lowest BCUT2D eigenvalue weighted by molar-refractivity contribution is -0.384. The predicted octanol–water partition coefficient (Wildman–Crippen LogP) is 2.61. The standard InChI is InChI=1S/C25H19N5O10/c1-2-39-24(35)13-3-5-15(6-4-13)26-25(36)40-12-14-11-29(8-7-20(14)31)18-9-16-17(10-19(18)30(37)38)28-22(32)21(27-16)23(33)34/h3-11H,2,12H2,1H3,(H,26,36)(H,28,32)(H,33,34). The molecule has 0 spiro atoms. The molecule has 0 saturated carbocycles. The third-order valence-corrected chi connectivity index (χ3v) is 5.46. The van der Waals surface area contributed by atoms with Crippen molar-refractivity contribution in [1.29, 1.82) is 0 Å². The van der Waals surface area contributed by atoms with Gasteiger partial charge in [-0.15, -0.1) is 0 Å². The molecule has 0 bridgehead atoms. The van der Waals surface area contributed by atoms with Crippen LogP contribution in [-0.2, 0) is 16.1 Å². The molecule has 15 heteroatoms. The number of nitro groups is 1. The Hall–Kier alpha value is -5.86. The number of carboxylic acids is 1. The van der Waals surface area contributed by atoms with Crippen LogP contribution in [0.5, 0.6) is 0 Å². The molecule has 0 aliphatic heterocycles. The first-order chi connectivity index (χ1) is 19.1. The number of carbonyl (C=O) groups is 3. The zero-order valence-electron chi connectivity index (χ0n) is 20.6. The van der Waals surface area contributed by atoms with E-state index in [4.69, 9.17) is 9.47 Å². The summed E-state index contributed by atoms with van der Waals surface area (Å²) in [5, 5.41) is 23.4. The van der Waals surface area contributed by atoms with Crippen molar-refractivity contribution >= 4 is 40.4 Å². The fourth-order valence-corrected chi connectivity index (χ4v) is 3.60. The maximum atomic E-state index is 12.4. The number of aromatic amines is 1. The summed E-state index contributed by atoms with van der Waals surface area (Å²) >= 11 is 0. The molecule has 1 amide bonds. The van der Waals surface area contributed by atoms with Crippen molar-refractivity contribution < 1.29 is 33.9 Å². The van der Waals surface area contributed by atoms with E-state index in [1.807, 2.05) is 0 Å². The molecule has 0 saturated heterocycles. The average Bonchev–Trinajstić information content (AvgIpc) is 2.92. The number of rotatable bonds is 8. The SMILES string of the molecule is CCOC(=O)c1ccc(NC(=O)OCc2cn(-c3cc4nc(C(=O)O)c(=O)[nH]c4cc3[N+](=O)[O-])ccc2=O)cc1. The number of aromatic nitrogens is 3. The van der Waals surface area contributed by atoms with Crippen molar-refractivity contribution in [2.24, 2.45) is 0 Å². The van der Waals surface area contributed by atoms with Gasteiger partial charge in [-0.25, -0.2) is 19.4 Å². The third kappa shape index (κ3) is 5.83. The molecule has 3 N–H and O–H groups in total. The van der Waals surface area contributed by atoms with Crippen molar-refractivity contribution in [3.8, 4) is 5.69 Å². The summed E-state index contributed by atoms with van der Waals surface area (Å²) in [7, 11) is 0. The Labute approximate surface area is 222 Å². The third-order valence-electron chi connectivity index (χ3n) is 5.46. The summed E-state index contributed by atoms with van der Waals surface area (Å²) in [6.45, 7) is 1.39. The molecule has 0 atom stereocenters. The molecule has 4 rings (SSSR count). The predicted molar refractivity (Wildman–Crippen MR) is 138 cm³/mol. The van der Waals surface area contributed by atoms with Gasteiger partial charge in [0.15, 0.2) is 5.43 Å². The van der Waals surface area contributed by atoms with E-state index in [2.05, 4.69) is 15.3 Å². The molecule has 2 heterocycles. The molecule has 0 radical (unpaired) electrons. The van der Waals surface area contributed by atoms with Gasteiger partial charge in [0.25, 0.3) is 11.2 Å². The molecule has 15 nitrogen and oxygen atoms in total. The van der Waals surface area contributed by atoms with Gasteiger partial charge in [0.05, 0.1) is 33.7 Å². The lowest BCUT2D eigenvalue weighted by Gasteiger charge is -2.11. The summed E-state index contributed by atoms with van der Waals surface area (Å²) in [6.07, 6.45) is 1.53. The molecular formula is C25H19N5O10. The normalized spacial score (nSPS) is 10.6. The number of esters is 1. The minimum absolute atomic E-state index is 0.0367. The van der Waals surface area contributed by atoms with Crippen molar-refractivity contribution in [3.05, 3.63) is 102 Å². The van der Waals surface area contributed by atoms with E-state index in [9.17, 15) is 39.2 Å². The number of H-pyrrole nitrogens is 1. The molecule has 0 fully saturated rings. The number of aromatic carboxylic acids is 1. The van der Waals surface area contributed by atoms with Gasteiger partial charge in [-0.2, -0.15) is 0 Å². The Bertz CT molecular complexity index is 1780. The summed E-state index contributed by atoms with van der Waals surface area (Å²) < 4.78 is 11.2. The van der Waals surface area contributed by atoms with Gasteiger partial charge >= 0.3 is 18.0 Å². The monoisotopic (exact) mass is 549 g/mol. The molecule has 0 aliphatic rings. The highest BCUT2D eigenvalue weighted by Crippen LogP contribution is 2.27. The number of anilines is 1. The summed E-state index contributed by atoms with van der Waals surface area (Å²) in [5.74, 6) is -2.10. The van der Waals surface area contributed by atoms with Crippen LogP contribution in [0.2, 0.25) is 0 Å². The number of pyridine rings is 1. The van der Waals surface area contributed by atoms with Crippen LogP contribution < -0.4 is 16.3 Å². The maximum Gasteiger partial charge on any atom is 0.411 e. The number of nitrogens with one attached hydrogen (secondary N) is 2. The molecule has 2 aromatic carbocycles. The zero-order valence-corrected chi connectivity index (χ0v) is 20.6. The fraction of sp³-hybridized carbons (Fsp3) is 0.120. The Morgan fingerprint density at radius 3 is 2.50 bits per heavy atom. The van der Waals surface area contributed by atoms with Crippen LogP contribution in [0.15, 0.2) is 64.4 Å². The first-order valence-corrected chi connectivity index (χ1v) is 11.5. The van der Waals surface area contributed by atoms with E-state index < -0.39 is 51.9 Å². The van der Waals surface area contributed by atoms with E-state index in [1.54, 1.807) is 6.92 Å². The first kappa shape index (κ1) is 27.2. The van der Waals surface area contributed by atoms with Gasteiger partial charge in [-0.1, -0.05) is 0 Å². The Kier molecular flexibility index (Phi) is 7.65. The van der Waals surface area contributed by atoms with Gasteiger partial charge < -0.3 is 24.1 Å². The van der Waals surface area contributed by atoms with E-state index in [1.165, 1.54) is 47.3 Å². The summed E-state index contributed by atoms with van der Waals surface area (Å²) in [5.41, 5.74) is -2.50. The average molecular weight is 549 g/mol. The Balaban J connectivity index is 1.57. The van der Waals surface area contributed by atoms with Gasteiger partial charge in [-0.05, 0) is 37.3 Å². The van der Waals surface area contributed by atoms with Crippen LogP contribution in [0.3, 0.4) is 0 Å². The number of hydrogen-bond donors (Lipinski definition) is 3. The van der Waals surface area contributed by atoms with E-state index in [0.29, 0.717) is 5.69 Å². The van der Waals surface area contributed by atoms with Crippen molar-refractivity contribution in [1.82, 2.24) is 14.5 Å². The number of carboxylic acid groups (broad SMARTS) is 1. The quantitative estimate of drug-likeness (QED) is 0.165. The van der Waals surface area contributed by atoms with Crippen LogP contribution in [0.25, 0.3) is 16.7 Å². The minimum Gasteiger partial charge on any atom is -0.476 e. The van der Waals surface area contributed by atoms with Crippen LogP contribution in [0, 0.1) is 10.1 Å². The lowest BCUT2D eigenvalue weighted by Crippen LogP contribution is -2.20. The van der Waals surface area contributed by atoms with E-state index >= 15 is 0 Å². The van der Waals surface area contributed by atoms with Crippen LogP contribution in [-0.4, -0.2) is 49.2 Å². The largest absolute Gasteiger partial charge is 0.476 e. The smallest absolute Gasteiger partial charge is 0.411 e. The zero-order chi connectivity index (χ0) is 29.0. The number of amides is 1. The van der Waals surface area contributed by atoms with Crippen LogP contribution in [0.4, 0.5) is 16.2 Å². The number of carbonyl (C=O) groups excluding carboxylic acids is 2. The first-order valence-electron chi connectivity index (χ1n) is 11.5. The van der Waals surface area contributed by atoms with E-state index in [0.717, 1.165) is 12.1 Å². The molecule has 40 heavy (non-hydrogen) atoms. The number of fused-ring (bicyclic) bond motifs is 1. The fourth-order valence-electron chi connectivity index (χ4n) is 3.60. The second-order valence-electron chi connectivity index (χ2n) is 8.08. The molecule has 0 unspecified atom stereocenters. The maximum absolute atomic E-state index is 12.4. The van der Waals surface area contributed by atoms with Crippen molar-refractivity contribution in [2.75, 3.05) is 11.9 Å². The highest BCUT2D eigenvalue weighted by atomic mass is 16.6. The molecule has 204 valence electrons. The molecule has 4 aromatic rings. The lowest BCUT2D eigenvalue weighted by atomic mass is 10.2. The second kappa shape index (κ2) is 11.3. The minimum atomic E-state index is -1.58. The van der Waals surface area contributed by atoms with Crippen LogP contribution >= 0.6 is 0 Å². The topological polar surface area (TPSA) is 213 Å². The molecule has 0 aliphatic carbocycles. The van der Waals surface area contributed by atoms with Crippen LogP contribution in [0.1, 0.15) is 33.3 Å². The summed E-state index contributed by atoms with van der Waals surface area (Å²) in [6, 6.07) is 9.10. The van der Waals surface area contributed by atoms with Crippen molar-refractivity contribution in [2.45, 2.75) is 13.5 Å². The van der Waals surface area contributed by atoms with E-state index in [-0.39, 0.29) is 34.5 Å². The van der Waals surface area contributed by atoms with Gasteiger partial charge in [-0.3, -0.25) is 25.0 Å². The number of benzene rings is 2. The Morgan fingerprint density at radius 1 is 1.12 bits per heavy atom. The number of hydrogen-bond acceptors (Lipinski definition) is 10. The molecular weight excluding hydrogens is 530 g/mol. The number of nitrogens with zero attached hydrogens (tertiary/aromatic N) is 3. The van der Waals surface area contributed by atoms with Gasteiger partial charge in [0.1, 0.15) is 12.3 Å². The number of nitro benzene ring substituents is 1. The highest BCUT2D eigenvalue weighted by Gasteiger charge is 2.21. The second-order valence-corrected chi connectivity index (χ2v) is 8.08. The van der Waals surface area contributed by atoms with Crippen molar-refractivity contribution in [3.63, 3.8) is 0 Å². The highest BCUT2D eigenvalue weighted by molar-refractivity contribution is 5.91. The van der Waals surface area contributed by atoms with Gasteiger partial charge in [0.2, 0.25) is 5.69 Å².